The lowest BCUT2D eigenvalue weighted by molar-refractivity contribution is -0.383. The highest BCUT2D eigenvalue weighted by Crippen LogP contribution is 2.33. The van der Waals surface area contributed by atoms with Gasteiger partial charge in [0.15, 0.2) is 0 Å². The zero-order valence-corrected chi connectivity index (χ0v) is 18.4. The molecule has 0 aliphatic heterocycles. The molecule has 0 spiro atoms. The monoisotopic (exact) mass is 484 g/mol. The normalized spacial score (nSPS) is 11.2. The van der Waals surface area contributed by atoms with Crippen molar-refractivity contribution < 1.29 is 27.3 Å². The summed E-state index contributed by atoms with van der Waals surface area (Å²) in [6.45, 7) is 0. The van der Waals surface area contributed by atoms with Crippen molar-refractivity contribution in [2.45, 2.75) is 4.90 Å². The summed E-state index contributed by atoms with van der Waals surface area (Å²) in [7, 11) is -2.79. The number of hydrogen-bond acceptors (Lipinski definition) is 7. The molecule has 0 saturated heterocycles. The van der Waals surface area contributed by atoms with Crippen LogP contribution in [0.25, 0.3) is 10.9 Å². The first-order valence-electron chi connectivity index (χ1n) is 9.72. The average molecular weight is 484 g/mol. The fourth-order valence-electron chi connectivity index (χ4n) is 3.27. The van der Waals surface area contributed by atoms with E-state index in [-0.39, 0.29) is 27.2 Å². The molecule has 0 unspecified atom stereocenters. The second kappa shape index (κ2) is 8.83. The van der Waals surface area contributed by atoms with E-state index in [1.54, 1.807) is 0 Å². The number of methoxy groups -OCH3 is 1. The number of H-pyrrole nitrogens is 1. The van der Waals surface area contributed by atoms with Crippen LogP contribution >= 0.6 is 0 Å². The van der Waals surface area contributed by atoms with E-state index in [1.807, 2.05) is 4.72 Å². The summed E-state index contributed by atoms with van der Waals surface area (Å²) in [5.74, 6) is -0.999. The molecule has 0 aliphatic rings. The maximum atomic E-state index is 13.2. The number of carbonyl (C=O) groups excluding carboxylic acids is 1. The zero-order chi connectivity index (χ0) is 24.5. The second-order valence-corrected chi connectivity index (χ2v) is 8.79. The number of sulfonamides is 1. The van der Waals surface area contributed by atoms with Crippen molar-refractivity contribution in [2.24, 2.45) is 0 Å². The molecule has 4 aromatic rings. The van der Waals surface area contributed by atoms with Gasteiger partial charge >= 0.3 is 0 Å². The Morgan fingerprint density at radius 2 is 1.74 bits per heavy atom. The number of aromatic amines is 1. The number of nitro groups is 1. The van der Waals surface area contributed by atoms with E-state index < -0.39 is 26.7 Å². The lowest BCUT2D eigenvalue weighted by Gasteiger charge is -2.08. The maximum absolute atomic E-state index is 13.2. The molecule has 0 atom stereocenters. The van der Waals surface area contributed by atoms with Crippen molar-refractivity contribution >= 4 is 43.9 Å². The van der Waals surface area contributed by atoms with Crippen molar-refractivity contribution in [3.8, 4) is 5.75 Å². The minimum Gasteiger partial charge on any atom is -0.497 e. The van der Waals surface area contributed by atoms with E-state index in [0.717, 1.165) is 0 Å². The van der Waals surface area contributed by atoms with Gasteiger partial charge in [-0.15, -0.1) is 0 Å². The summed E-state index contributed by atoms with van der Waals surface area (Å²) in [5, 5.41) is 14.8. The lowest BCUT2D eigenvalue weighted by Crippen LogP contribution is -2.30. The Labute approximate surface area is 192 Å². The molecule has 3 N–H and O–H groups in total. The molecule has 0 bridgehead atoms. The van der Waals surface area contributed by atoms with Crippen LogP contribution in [0.4, 0.5) is 21.5 Å². The van der Waals surface area contributed by atoms with Gasteiger partial charge in [0.2, 0.25) is 0 Å². The number of amides is 1. The van der Waals surface area contributed by atoms with E-state index in [9.17, 15) is 27.7 Å². The van der Waals surface area contributed by atoms with Gasteiger partial charge in [-0.3, -0.25) is 14.9 Å². The molecule has 0 saturated carbocycles. The Kier molecular flexibility index (Phi) is 5.90. The molecule has 0 radical (unpaired) electrons. The third-order valence-electron chi connectivity index (χ3n) is 4.93. The Bertz CT molecular complexity index is 1500. The van der Waals surface area contributed by atoms with E-state index in [1.165, 1.54) is 73.8 Å². The van der Waals surface area contributed by atoms with Crippen molar-refractivity contribution in [1.82, 2.24) is 9.71 Å². The van der Waals surface area contributed by atoms with Crippen molar-refractivity contribution in [1.29, 1.82) is 0 Å². The molecule has 10 nitrogen and oxygen atoms in total. The fourth-order valence-corrected chi connectivity index (χ4v) is 4.23. The minimum atomic E-state index is -4.22. The Morgan fingerprint density at radius 1 is 1.06 bits per heavy atom. The molecule has 0 aliphatic carbocycles. The highest BCUT2D eigenvalue weighted by Gasteiger charge is 2.23. The van der Waals surface area contributed by atoms with Crippen LogP contribution in [-0.4, -0.2) is 31.3 Å². The van der Waals surface area contributed by atoms with Crippen molar-refractivity contribution in [2.75, 3.05) is 12.4 Å². The number of anilines is 2. The van der Waals surface area contributed by atoms with Crippen LogP contribution in [0.15, 0.2) is 71.6 Å². The summed E-state index contributed by atoms with van der Waals surface area (Å²) in [6, 6.07) is 14.8. The first kappa shape index (κ1) is 22.7. The molecule has 0 fully saturated rings. The molecule has 34 heavy (non-hydrogen) atoms. The first-order valence-corrected chi connectivity index (χ1v) is 11.2. The Balaban J connectivity index is 1.69. The largest absolute Gasteiger partial charge is 0.497 e. The van der Waals surface area contributed by atoms with E-state index >= 15 is 0 Å². The Hall–Kier alpha value is -4.45. The van der Waals surface area contributed by atoms with Crippen LogP contribution < -0.4 is 14.8 Å². The van der Waals surface area contributed by atoms with Gasteiger partial charge in [0.05, 0.1) is 16.9 Å². The number of hydrogen-bond donors (Lipinski definition) is 3. The molecule has 1 heterocycles. The lowest BCUT2D eigenvalue weighted by atomic mass is 10.1. The highest BCUT2D eigenvalue weighted by molar-refractivity contribution is 7.90. The van der Waals surface area contributed by atoms with Crippen LogP contribution in [-0.2, 0) is 10.0 Å². The SMILES string of the molecule is COc1ccc(S(=O)(=O)NC(=O)c2cc3c(Nc4ccc(F)cc4)ccc([N+](=O)[O-])c3[nH]2)cc1. The van der Waals surface area contributed by atoms with Crippen LogP contribution in [0.2, 0.25) is 0 Å². The number of rotatable bonds is 7. The standard InChI is InChI=1S/C22H17FN4O6S/c1-33-15-6-8-16(9-7-15)34(31,32)26-22(28)19-12-17-18(24-14-4-2-13(23)3-5-14)10-11-20(27(29)30)21(17)25-19/h2-12,24-25H,1H3,(H,26,28). The van der Waals surface area contributed by atoms with Crippen LogP contribution in [0.3, 0.4) is 0 Å². The number of nitrogens with one attached hydrogen (secondary N) is 3. The zero-order valence-electron chi connectivity index (χ0n) is 17.5. The number of nitrogens with zero attached hydrogens (tertiary/aromatic N) is 1. The van der Waals surface area contributed by atoms with Gasteiger partial charge in [-0.25, -0.2) is 17.5 Å². The summed E-state index contributed by atoms with van der Waals surface area (Å²) >= 11 is 0. The summed E-state index contributed by atoms with van der Waals surface area (Å²) < 4.78 is 45.3. The van der Waals surface area contributed by atoms with Gasteiger partial charge in [0, 0.05) is 22.8 Å². The summed E-state index contributed by atoms with van der Waals surface area (Å²) in [6.07, 6.45) is 0. The predicted molar refractivity (Wildman–Crippen MR) is 122 cm³/mol. The molecule has 12 heteroatoms. The first-order chi connectivity index (χ1) is 16.2. The van der Waals surface area contributed by atoms with Crippen LogP contribution in [0.1, 0.15) is 10.5 Å². The summed E-state index contributed by atoms with van der Waals surface area (Å²) in [5.41, 5.74) is 0.399. The number of nitro benzene ring substituents is 1. The number of non-ortho nitro benzene ring substituents is 1. The van der Waals surface area contributed by atoms with Crippen LogP contribution in [0.5, 0.6) is 5.75 Å². The number of halogens is 1. The van der Waals surface area contributed by atoms with Gasteiger partial charge in [0.25, 0.3) is 21.6 Å². The van der Waals surface area contributed by atoms with Crippen molar-refractivity contribution in [3.63, 3.8) is 0 Å². The van der Waals surface area contributed by atoms with E-state index in [4.69, 9.17) is 4.74 Å². The maximum Gasteiger partial charge on any atom is 0.293 e. The molecule has 4 rings (SSSR count). The van der Waals surface area contributed by atoms with Gasteiger partial charge in [0.1, 0.15) is 22.8 Å². The van der Waals surface area contributed by atoms with Gasteiger partial charge in [-0.05, 0) is 60.7 Å². The predicted octanol–water partition coefficient (Wildman–Crippen LogP) is 4.09. The number of carbonyl (C=O) groups is 1. The third-order valence-corrected chi connectivity index (χ3v) is 6.28. The highest BCUT2D eigenvalue weighted by atomic mass is 32.2. The van der Waals surface area contributed by atoms with Gasteiger partial charge < -0.3 is 15.0 Å². The van der Waals surface area contributed by atoms with Crippen LogP contribution in [0, 0.1) is 15.9 Å². The van der Waals surface area contributed by atoms with Gasteiger partial charge in [-0.2, -0.15) is 0 Å². The smallest absolute Gasteiger partial charge is 0.293 e. The molecule has 1 aromatic heterocycles. The quantitative estimate of drug-likeness (QED) is 0.265. The molecule has 1 amide bonds. The molecule has 174 valence electrons. The minimum absolute atomic E-state index is 0.0177. The van der Waals surface area contributed by atoms with Crippen molar-refractivity contribution in [3.05, 3.63) is 88.4 Å². The fraction of sp³-hybridized carbons (Fsp3) is 0.0455. The topological polar surface area (TPSA) is 143 Å². The number of aromatic nitrogens is 1. The van der Waals surface area contributed by atoms with Gasteiger partial charge in [-0.1, -0.05) is 0 Å². The number of fused-ring (bicyclic) bond motifs is 1. The summed E-state index contributed by atoms with van der Waals surface area (Å²) in [4.78, 5) is 26.1. The second-order valence-electron chi connectivity index (χ2n) is 7.10. The van der Waals surface area contributed by atoms with E-state index in [0.29, 0.717) is 17.1 Å². The Morgan fingerprint density at radius 3 is 2.35 bits per heavy atom. The van der Waals surface area contributed by atoms with E-state index in [2.05, 4.69) is 10.3 Å². The molecular weight excluding hydrogens is 467 g/mol. The third kappa shape index (κ3) is 4.52. The number of benzene rings is 3. The molecular formula is C22H17FN4O6S. The molecule has 3 aromatic carbocycles. The average Bonchev–Trinajstić information content (AvgIpc) is 3.26. The number of ether oxygens (including phenoxy) is 1.